The van der Waals surface area contributed by atoms with Crippen molar-refractivity contribution in [3.63, 3.8) is 0 Å². The van der Waals surface area contributed by atoms with Gasteiger partial charge in [-0.3, -0.25) is 4.79 Å². The summed E-state index contributed by atoms with van der Waals surface area (Å²) < 4.78 is 0. The van der Waals surface area contributed by atoms with Gasteiger partial charge in [-0.1, -0.05) is 11.6 Å². The first-order chi connectivity index (χ1) is 9.06. The lowest BCUT2D eigenvalue weighted by Crippen LogP contribution is -2.08. The Bertz CT molecular complexity index is 643. The Kier molecular flexibility index (Phi) is 3.02. The van der Waals surface area contributed by atoms with E-state index in [1.165, 1.54) is 0 Å². The average molecular weight is 278 g/mol. The van der Waals surface area contributed by atoms with Gasteiger partial charge in [0, 0.05) is 11.6 Å². The molecule has 1 aliphatic rings. The molecular weight excluding hydrogens is 262 g/mol. The number of hydrogen-bond donors (Lipinski definition) is 2. The zero-order valence-electron chi connectivity index (χ0n) is 10.7. The molecule has 1 fully saturated rings. The topological polar surface area (TPSA) is 53.1 Å². The van der Waals surface area contributed by atoms with Crippen LogP contribution < -0.4 is 0 Å². The van der Waals surface area contributed by atoms with Crippen LogP contribution in [0, 0.1) is 12.8 Å². The van der Waals surface area contributed by atoms with Gasteiger partial charge in [0.15, 0.2) is 0 Å². The van der Waals surface area contributed by atoms with Crippen LogP contribution in [0.5, 0.6) is 0 Å². The van der Waals surface area contributed by atoms with Crippen LogP contribution in [0.25, 0.3) is 10.9 Å². The number of aryl methyl sites for hydroxylation is 1. The van der Waals surface area contributed by atoms with Gasteiger partial charge in [0.2, 0.25) is 0 Å². The molecule has 0 radical (unpaired) electrons. The Balaban J connectivity index is 2.07. The minimum atomic E-state index is -0.737. The van der Waals surface area contributed by atoms with Gasteiger partial charge in [-0.2, -0.15) is 0 Å². The van der Waals surface area contributed by atoms with Gasteiger partial charge in [-0.05, 0) is 54.9 Å². The number of carbonyl (C=O) groups is 1. The van der Waals surface area contributed by atoms with E-state index in [2.05, 4.69) is 11.1 Å². The van der Waals surface area contributed by atoms with Crippen LogP contribution in [-0.2, 0) is 4.79 Å². The Morgan fingerprint density at radius 3 is 2.89 bits per heavy atom. The van der Waals surface area contributed by atoms with E-state index in [4.69, 9.17) is 16.7 Å². The fourth-order valence-electron chi connectivity index (χ4n) is 2.80. The van der Waals surface area contributed by atoms with Crippen molar-refractivity contribution in [2.24, 2.45) is 5.92 Å². The predicted octanol–water partition coefficient (Wildman–Crippen LogP) is 4.10. The molecule has 0 spiro atoms. The summed E-state index contributed by atoms with van der Waals surface area (Å²) in [5, 5.41) is 10.9. The molecule has 3 rings (SSSR count). The normalized spacial score (nSPS) is 16.7. The molecule has 4 heteroatoms. The molecule has 1 unspecified atom stereocenters. The highest BCUT2D eigenvalue weighted by molar-refractivity contribution is 6.35. The van der Waals surface area contributed by atoms with Gasteiger partial charge in [0.1, 0.15) is 0 Å². The van der Waals surface area contributed by atoms with Crippen LogP contribution in [0.3, 0.4) is 0 Å². The highest BCUT2D eigenvalue weighted by Crippen LogP contribution is 2.45. The molecule has 0 aliphatic heterocycles. The number of benzene rings is 1. The van der Waals surface area contributed by atoms with Crippen LogP contribution in [-0.4, -0.2) is 16.1 Å². The molecule has 1 aromatic carbocycles. The number of halogens is 1. The maximum Gasteiger partial charge on any atom is 0.303 e. The molecule has 0 bridgehead atoms. The highest BCUT2D eigenvalue weighted by Gasteiger charge is 2.34. The summed E-state index contributed by atoms with van der Waals surface area (Å²) in [4.78, 5) is 14.2. The third-order valence-corrected chi connectivity index (χ3v) is 4.28. The Labute approximate surface area is 116 Å². The second-order valence-electron chi connectivity index (χ2n) is 5.44. The third-order valence-electron chi connectivity index (χ3n) is 3.98. The van der Waals surface area contributed by atoms with E-state index in [1.807, 2.05) is 19.2 Å². The summed E-state index contributed by atoms with van der Waals surface area (Å²) in [6.45, 7) is 2.03. The number of aromatic nitrogens is 1. The first-order valence-electron chi connectivity index (χ1n) is 6.55. The largest absolute Gasteiger partial charge is 0.481 e. The maximum atomic E-state index is 11.0. The van der Waals surface area contributed by atoms with Crippen LogP contribution >= 0.6 is 11.6 Å². The fraction of sp³-hybridized carbons (Fsp3) is 0.400. The minimum Gasteiger partial charge on any atom is -0.481 e. The molecule has 100 valence electrons. The standard InChI is InChI=1S/C15H16ClNO2/c1-8-7-17-15-11(8)4-10(5-13(15)16)12(6-14(18)19)9-2-3-9/h4-5,7,9,12,17H,2-3,6H2,1H3,(H,18,19). The first-order valence-corrected chi connectivity index (χ1v) is 6.93. The maximum absolute atomic E-state index is 11.0. The number of aromatic amines is 1. The summed E-state index contributed by atoms with van der Waals surface area (Å²) in [7, 11) is 0. The number of rotatable bonds is 4. The average Bonchev–Trinajstić information content (AvgIpc) is 3.11. The second-order valence-corrected chi connectivity index (χ2v) is 5.85. The molecule has 2 aromatic rings. The second kappa shape index (κ2) is 4.57. The van der Waals surface area contributed by atoms with E-state index < -0.39 is 5.97 Å². The lowest BCUT2D eigenvalue weighted by molar-refractivity contribution is -0.137. The van der Waals surface area contributed by atoms with E-state index >= 15 is 0 Å². The molecule has 1 atom stereocenters. The van der Waals surface area contributed by atoms with E-state index in [1.54, 1.807) is 0 Å². The van der Waals surface area contributed by atoms with E-state index in [0.29, 0.717) is 10.9 Å². The highest BCUT2D eigenvalue weighted by atomic mass is 35.5. The van der Waals surface area contributed by atoms with Gasteiger partial charge < -0.3 is 10.1 Å². The molecule has 1 heterocycles. The summed E-state index contributed by atoms with van der Waals surface area (Å²) >= 11 is 6.30. The number of H-pyrrole nitrogens is 1. The number of aliphatic carboxylic acids is 1. The number of hydrogen-bond acceptors (Lipinski definition) is 1. The molecule has 0 saturated heterocycles. The Morgan fingerprint density at radius 1 is 1.53 bits per heavy atom. The van der Waals surface area contributed by atoms with Crippen molar-refractivity contribution in [3.05, 3.63) is 34.5 Å². The quantitative estimate of drug-likeness (QED) is 0.884. The van der Waals surface area contributed by atoms with Gasteiger partial charge in [-0.25, -0.2) is 0 Å². The van der Waals surface area contributed by atoms with Gasteiger partial charge >= 0.3 is 5.97 Å². The van der Waals surface area contributed by atoms with Crippen molar-refractivity contribution in [3.8, 4) is 0 Å². The van der Waals surface area contributed by atoms with Crippen molar-refractivity contribution in [2.75, 3.05) is 0 Å². The molecular formula is C15H16ClNO2. The number of fused-ring (bicyclic) bond motifs is 1. The van der Waals surface area contributed by atoms with E-state index in [0.717, 1.165) is 34.9 Å². The summed E-state index contributed by atoms with van der Waals surface area (Å²) in [6.07, 6.45) is 4.37. The van der Waals surface area contributed by atoms with Crippen molar-refractivity contribution in [2.45, 2.75) is 32.1 Å². The molecule has 3 nitrogen and oxygen atoms in total. The van der Waals surface area contributed by atoms with Crippen LogP contribution in [0.2, 0.25) is 5.02 Å². The van der Waals surface area contributed by atoms with Crippen molar-refractivity contribution in [1.29, 1.82) is 0 Å². The van der Waals surface area contributed by atoms with Gasteiger partial charge in [0.25, 0.3) is 0 Å². The predicted molar refractivity (Wildman–Crippen MR) is 75.8 cm³/mol. The lowest BCUT2D eigenvalue weighted by atomic mass is 9.90. The minimum absolute atomic E-state index is 0.0914. The number of carboxylic acids is 1. The molecule has 1 aliphatic carbocycles. The zero-order chi connectivity index (χ0) is 13.6. The van der Waals surface area contributed by atoms with Crippen LogP contribution in [0.4, 0.5) is 0 Å². The zero-order valence-corrected chi connectivity index (χ0v) is 11.5. The number of nitrogens with one attached hydrogen (secondary N) is 1. The van der Waals surface area contributed by atoms with Crippen LogP contribution in [0.1, 0.15) is 36.3 Å². The molecule has 1 saturated carbocycles. The summed E-state index contributed by atoms with van der Waals surface area (Å²) in [5.74, 6) is -0.142. The fourth-order valence-corrected chi connectivity index (χ4v) is 3.08. The SMILES string of the molecule is Cc1c[nH]c2c(Cl)cc(C(CC(=O)O)C3CC3)cc12. The Hall–Kier alpha value is -1.48. The van der Waals surface area contributed by atoms with E-state index in [9.17, 15) is 4.79 Å². The molecule has 1 aromatic heterocycles. The van der Waals surface area contributed by atoms with Crippen molar-refractivity contribution < 1.29 is 9.90 Å². The van der Waals surface area contributed by atoms with Gasteiger partial charge in [0.05, 0.1) is 17.0 Å². The van der Waals surface area contributed by atoms with Crippen molar-refractivity contribution >= 4 is 28.5 Å². The van der Waals surface area contributed by atoms with E-state index in [-0.39, 0.29) is 12.3 Å². The Morgan fingerprint density at radius 2 is 2.26 bits per heavy atom. The first kappa shape index (κ1) is 12.5. The lowest BCUT2D eigenvalue weighted by Gasteiger charge is -2.15. The van der Waals surface area contributed by atoms with Crippen molar-refractivity contribution in [1.82, 2.24) is 4.98 Å². The summed E-state index contributed by atoms with van der Waals surface area (Å²) in [6, 6.07) is 4.02. The number of carboxylic acid groups (broad SMARTS) is 1. The summed E-state index contributed by atoms with van der Waals surface area (Å²) in [5.41, 5.74) is 3.14. The molecule has 0 amide bonds. The smallest absolute Gasteiger partial charge is 0.303 e. The monoisotopic (exact) mass is 277 g/mol. The molecule has 2 N–H and O–H groups in total. The molecule has 19 heavy (non-hydrogen) atoms. The van der Waals surface area contributed by atoms with Gasteiger partial charge in [-0.15, -0.1) is 0 Å². The van der Waals surface area contributed by atoms with Crippen LogP contribution in [0.15, 0.2) is 18.3 Å². The third kappa shape index (κ3) is 2.35.